The second-order valence-electron chi connectivity index (χ2n) is 12.0. The van der Waals surface area contributed by atoms with Gasteiger partial charge in [-0.05, 0) is 64.2 Å². The van der Waals surface area contributed by atoms with Crippen molar-refractivity contribution in [3.05, 3.63) is 24.3 Å². The molecule has 0 aromatic carbocycles. The molecule has 0 aromatic rings. The molecule has 0 saturated heterocycles. The Morgan fingerprint density at radius 3 is 0.956 bits per heavy atom. The zero-order chi connectivity index (χ0) is 33.0. The van der Waals surface area contributed by atoms with Gasteiger partial charge < -0.3 is 4.74 Å². The van der Waals surface area contributed by atoms with Crippen LogP contribution in [0.4, 0.5) is 0 Å². The molecule has 45 heavy (non-hydrogen) atoms. The molecule has 0 rings (SSSR count). The fourth-order valence-electron chi connectivity index (χ4n) is 4.91. The van der Waals surface area contributed by atoms with Gasteiger partial charge in [-0.15, -0.1) is 0 Å². The Morgan fingerprint density at radius 2 is 0.689 bits per heavy atom. The van der Waals surface area contributed by atoms with Gasteiger partial charge in [-0.3, -0.25) is 18.7 Å². The van der Waals surface area contributed by atoms with Crippen molar-refractivity contribution in [3.8, 4) is 0 Å². The minimum atomic E-state index is -4.67. The molecule has 0 aliphatic rings. The van der Waals surface area contributed by atoms with Crippen molar-refractivity contribution in [3.63, 3.8) is 0 Å². The van der Waals surface area contributed by atoms with Crippen LogP contribution in [0, 0.1) is 0 Å². The van der Waals surface area contributed by atoms with E-state index < -0.39 is 10.4 Å². The Bertz CT molecular complexity index is 739. The van der Waals surface area contributed by atoms with Gasteiger partial charge in [0.05, 0.1) is 0 Å². The van der Waals surface area contributed by atoms with E-state index in [1.165, 1.54) is 128 Å². The molecule has 0 aromatic heterocycles. The summed E-state index contributed by atoms with van der Waals surface area (Å²) < 4.78 is 36.6. The van der Waals surface area contributed by atoms with E-state index in [-0.39, 0.29) is 41.5 Å². The first kappa shape index (κ1) is 48.9. The van der Waals surface area contributed by atoms with Crippen LogP contribution in [0.15, 0.2) is 24.3 Å². The molecule has 7 nitrogen and oxygen atoms in total. The molecule has 9 heteroatoms. The van der Waals surface area contributed by atoms with Gasteiger partial charge in [0.25, 0.3) is 0 Å². The number of hydrogen-bond acceptors (Lipinski definition) is 5. The number of rotatable bonds is 30. The molecule has 0 saturated carbocycles. The fraction of sp³-hybridized carbons (Fsp3) is 0.833. The average Bonchev–Trinajstić information content (AvgIpc) is 2.96. The summed E-state index contributed by atoms with van der Waals surface area (Å²) in [5, 5.41) is 0. The zero-order valence-electron chi connectivity index (χ0n) is 28.5. The third kappa shape index (κ3) is 53.3. The van der Waals surface area contributed by atoms with E-state index in [4.69, 9.17) is 22.3 Å². The Hall–Kier alpha value is -0.510. The van der Waals surface area contributed by atoms with Gasteiger partial charge in [0.2, 0.25) is 0 Å². The molecule has 2 N–H and O–H groups in total. The summed E-state index contributed by atoms with van der Waals surface area (Å²) in [6, 6.07) is 0. The number of carbonyl (C=O) groups excluding carboxylic acids is 2. The Kier molecular flexibility index (Phi) is 43.1. The van der Waals surface area contributed by atoms with Crippen LogP contribution in [0.5, 0.6) is 0 Å². The van der Waals surface area contributed by atoms with Crippen LogP contribution in [-0.2, 0) is 24.7 Å². The normalized spacial score (nSPS) is 11.4. The maximum absolute atomic E-state index is 11.9. The van der Waals surface area contributed by atoms with Gasteiger partial charge in [0.15, 0.2) is 0 Å². The fourth-order valence-corrected chi connectivity index (χ4v) is 4.91. The molecule has 0 heterocycles. The second kappa shape index (κ2) is 39.7. The number of hydrogen-bond donors (Lipinski definition) is 2. The van der Waals surface area contributed by atoms with Crippen LogP contribution in [0.3, 0.4) is 0 Å². The number of unbranched alkanes of at least 4 members (excludes halogenated alkanes) is 22. The molecule has 262 valence electrons. The number of esters is 2. The van der Waals surface area contributed by atoms with Gasteiger partial charge in [-0.25, -0.2) is 0 Å². The standard InChI is InChI=1S/C36H66O3.Na.H2O4S.H/c1-3-5-7-9-11-13-15-17-19-21-23-25-27-29-31-33-35(37)39-36(38)34-32-30-28-26-24-22-20-18-16-14-12-10-8-6-4-2;;1-5(2,3)4;/h17-20H,3-16,21-34H2,1-2H3;;(H2,1,2,3,4);/b19-17-,20-18?;;;. The first-order valence-corrected chi connectivity index (χ1v) is 19.3. The maximum atomic E-state index is 11.9. The summed E-state index contributed by atoms with van der Waals surface area (Å²) in [5.41, 5.74) is 0. The van der Waals surface area contributed by atoms with Crippen LogP contribution in [0.25, 0.3) is 0 Å². The van der Waals surface area contributed by atoms with E-state index in [0.717, 1.165) is 38.5 Å². The van der Waals surface area contributed by atoms with Crippen molar-refractivity contribution in [2.24, 2.45) is 0 Å². The molecule has 0 bridgehead atoms. The summed E-state index contributed by atoms with van der Waals surface area (Å²) in [5.74, 6) is -0.684. The van der Waals surface area contributed by atoms with Crippen molar-refractivity contribution < 1.29 is 31.8 Å². The molecule has 0 amide bonds. The van der Waals surface area contributed by atoms with Gasteiger partial charge in [0.1, 0.15) is 0 Å². The number of ether oxygens (including phenoxy) is 1. The Labute approximate surface area is 300 Å². The zero-order valence-corrected chi connectivity index (χ0v) is 29.3. The molecule has 0 fully saturated rings. The number of carbonyl (C=O) groups is 2. The van der Waals surface area contributed by atoms with E-state index in [0.29, 0.717) is 12.8 Å². The number of allylic oxidation sites excluding steroid dienone is 4. The van der Waals surface area contributed by atoms with Gasteiger partial charge in [-0.1, -0.05) is 141 Å². The van der Waals surface area contributed by atoms with E-state index >= 15 is 0 Å². The monoisotopic (exact) mass is 668 g/mol. The SMILES string of the molecule is CCCCCCCCC=CCCCCCCCC(=O)OC(=O)CCCCCCC/C=C\CCCCCCCC.O=S(=O)(O)O.[NaH]. The Balaban J connectivity index is -0.00000270. The van der Waals surface area contributed by atoms with Crippen LogP contribution >= 0.6 is 0 Å². The molecular formula is C36H69NaO7S. The topological polar surface area (TPSA) is 118 Å². The first-order chi connectivity index (χ1) is 21.2. The minimum absolute atomic E-state index is 0. The van der Waals surface area contributed by atoms with Crippen LogP contribution in [0.1, 0.15) is 194 Å². The molecular weight excluding hydrogens is 599 g/mol. The summed E-state index contributed by atoms with van der Waals surface area (Å²) in [6.45, 7) is 4.53. The average molecular weight is 669 g/mol. The molecule has 0 radical (unpaired) electrons. The summed E-state index contributed by atoms with van der Waals surface area (Å²) in [4.78, 5) is 23.8. The van der Waals surface area contributed by atoms with Crippen molar-refractivity contribution in [1.29, 1.82) is 0 Å². The van der Waals surface area contributed by atoms with E-state index in [1.807, 2.05) is 0 Å². The van der Waals surface area contributed by atoms with E-state index in [2.05, 4.69) is 38.2 Å². The quantitative estimate of drug-likeness (QED) is 0.0195. The predicted octanol–water partition coefficient (Wildman–Crippen LogP) is 10.8. The summed E-state index contributed by atoms with van der Waals surface area (Å²) in [7, 11) is -4.67. The predicted molar refractivity (Wildman–Crippen MR) is 191 cm³/mol. The van der Waals surface area contributed by atoms with Gasteiger partial charge >= 0.3 is 51.9 Å². The first-order valence-electron chi connectivity index (χ1n) is 17.9. The Morgan fingerprint density at radius 1 is 0.467 bits per heavy atom. The van der Waals surface area contributed by atoms with Crippen molar-refractivity contribution in [1.82, 2.24) is 0 Å². The molecule has 0 spiro atoms. The van der Waals surface area contributed by atoms with Gasteiger partial charge in [0, 0.05) is 12.8 Å². The third-order valence-electron chi connectivity index (χ3n) is 7.51. The van der Waals surface area contributed by atoms with E-state index in [9.17, 15) is 9.59 Å². The van der Waals surface area contributed by atoms with Crippen LogP contribution < -0.4 is 0 Å². The van der Waals surface area contributed by atoms with Crippen LogP contribution in [0.2, 0.25) is 0 Å². The van der Waals surface area contributed by atoms with Crippen LogP contribution in [-0.4, -0.2) is 59.0 Å². The summed E-state index contributed by atoms with van der Waals surface area (Å²) in [6.07, 6.45) is 42.2. The molecule has 0 unspecified atom stereocenters. The van der Waals surface area contributed by atoms with Crippen molar-refractivity contribution in [2.75, 3.05) is 0 Å². The van der Waals surface area contributed by atoms with E-state index in [1.54, 1.807) is 0 Å². The van der Waals surface area contributed by atoms with Crippen molar-refractivity contribution in [2.45, 2.75) is 194 Å². The van der Waals surface area contributed by atoms with Gasteiger partial charge in [-0.2, -0.15) is 8.42 Å². The third-order valence-corrected chi connectivity index (χ3v) is 7.51. The molecule has 0 aliphatic carbocycles. The van der Waals surface area contributed by atoms with Crippen molar-refractivity contribution >= 4 is 51.9 Å². The molecule has 0 atom stereocenters. The molecule has 0 aliphatic heterocycles. The second-order valence-corrected chi connectivity index (χ2v) is 12.9. The summed E-state index contributed by atoms with van der Waals surface area (Å²) >= 11 is 0.